The average Bonchev–Trinajstić information content (AvgIpc) is 2.47. The number of hydrogen-bond acceptors (Lipinski definition) is 2. The molecule has 3 radical (unpaired) electrons. The molecule has 22 heavy (non-hydrogen) atoms. The van der Waals surface area contributed by atoms with Gasteiger partial charge in [-0.25, -0.2) is 0 Å². The van der Waals surface area contributed by atoms with E-state index in [1.54, 1.807) is 0 Å². The minimum absolute atomic E-state index is 0. The molecule has 0 heterocycles. The summed E-state index contributed by atoms with van der Waals surface area (Å²) in [5.41, 5.74) is 0. The third-order valence-corrected chi connectivity index (χ3v) is 4.10. The van der Waals surface area contributed by atoms with Crippen LogP contribution in [0.1, 0.15) is 81.1 Å². The van der Waals surface area contributed by atoms with Gasteiger partial charge in [-0.3, -0.25) is 0 Å². The molecular formula is C16H40AlO4Sc+. The molecule has 0 aliphatic rings. The standard InChI is InChI=1S/2C4H10O.2C4H9O.Al.Sc/c4*1-3-4(2)5;;/h2*4-5H,3H2,1-2H3;2*4H,3H2,1-2H3;;/q;;2*-1;+1;/p+2. The van der Waals surface area contributed by atoms with Crippen molar-refractivity contribution < 1.29 is 43.6 Å². The van der Waals surface area contributed by atoms with Crippen LogP contribution in [0.5, 0.6) is 0 Å². The molecule has 0 aliphatic heterocycles. The summed E-state index contributed by atoms with van der Waals surface area (Å²) in [4.78, 5) is 0. The van der Waals surface area contributed by atoms with E-state index in [2.05, 4.69) is 27.7 Å². The molecule has 0 amide bonds. The van der Waals surface area contributed by atoms with E-state index in [-0.39, 0.29) is 53.9 Å². The van der Waals surface area contributed by atoms with Crippen LogP contribution in [0, 0.1) is 0 Å². The maximum Gasteiger partial charge on any atom is 0.150 e. The second kappa shape index (κ2) is 24.5. The van der Waals surface area contributed by atoms with Gasteiger partial charge in [0.25, 0.3) is 0 Å². The van der Waals surface area contributed by atoms with E-state index in [4.69, 9.17) is 17.8 Å². The van der Waals surface area contributed by atoms with E-state index in [1.807, 2.05) is 27.7 Å². The van der Waals surface area contributed by atoms with E-state index in [9.17, 15) is 0 Å². The molecule has 4 N–H and O–H groups in total. The summed E-state index contributed by atoms with van der Waals surface area (Å²) in [6.45, 7) is 16.2. The van der Waals surface area contributed by atoms with Gasteiger partial charge in [0.15, 0.2) is 12.2 Å². The first-order valence-electron chi connectivity index (χ1n) is 8.29. The van der Waals surface area contributed by atoms with Crippen LogP contribution in [-0.4, -0.2) is 50.5 Å². The Labute approximate surface area is 164 Å². The fourth-order valence-electron chi connectivity index (χ4n) is 0.414. The largest absolute Gasteiger partial charge is 0.677 e. The van der Waals surface area contributed by atoms with Crippen LogP contribution in [0.3, 0.4) is 0 Å². The number of hydrogen-bond donors (Lipinski definition) is 0. The van der Waals surface area contributed by atoms with Crippen molar-refractivity contribution in [1.82, 2.24) is 0 Å². The molecular weight excluding hydrogens is 328 g/mol. The molecule has 4 nitrogen and oxygen atoms in total. The minimum Gasteiger partial charge on any atom is -0.677 e. The van der Waals surface area contributed by atoms with Crippen molar-refractivity contribution in [3.05, 3.63) is 0 Å². The minimum atomic E-state index is -0.250. The summed E-state index contributed by atoms with van der Waals surface area (Å²) in [7, 11) is 0. The van der Waals surface area contributed by atoms with Crippen molar-refractivity contribution in [2.75, 3.05) is 0 Å². The van der Waals surface area contributed by atoms with Gasteiger partial charge in [0, 0.05) is 52.5 Å². The maximum atomic E-state index is 6.83. The van der Waals surface area contributed by atoms with Gasteiger partial charge < -0.3 is 17.8 Å². The van der Waals surface area contributed by atoms with Gasteiger partial charge in [0.2, 0.25) is 0 Å². The Balaban J connectivity index is -0.000000124. The van der Waals surface area contributed by atoms with Crippen molar-refractivity contribution >= 4 is 15.9 Å². The van der Waals surface area contributed by atoms with Crippen molar-refractivity contribution in [2.24, 2.45) is 0 Å². The van der Waals surface area contributed by atoms with Crippen LogP contribution in [0.4, 0.5) is 0 Å². The summed E-state index contributed by atoms with van der Waals surface area (Å²) in [6.07, 6.45) is 5.06. The summed E-state index contributed by atoms with van der Waals surface area (Å²) >= 11 is -0.250. The Bertz CT molecular complexity index is 166. The second-order valence-electron chi connectivity index (χ2n) is 5.42. The molecule has 0 aromatic heterocycles. The Kier molecular flexibility index (Phi) is 34.6. The van der Waals surface area contributed by atoms with Gasteiger partial charge in [-0.05, 0) is 38.9 Å². The molecule has 0 aliphatic carbocycles. The van der Waals surface area contributed by atoms with Gasteiger partial charge in [-0.1, -0.05) is 27.7 Å². The van der Waals surface area contributed by atoms with Gasteiger partial charge in [-0.15, -0.1) is 0 Å². The zero-order valence-corrected chi connectivity index (χ0v) is 19.1. The van der Waals surface area contributed by atoms with Gasteiger partial charge >= 0.3 is 0 Å². The topological polar surface area (TPSA) is 64.3 Å². The molecule has 0 saturated carbocycles. The zero-order chi connectivity index (χ0) is 17.3. The predicted octanol–water partition coefficient (Wildman–Crippen LogP) is 3.17. The van der Waals surface area contributed by atoms with E-state index in [1.165, 1.54) is 0 Å². The fraction of sp³-hybridized carbons (Fsp3) is 1.00. The van der Waals surface area contributed by atoms with E-state index in [0.717, 1.165) is 25.7 Å². The second-order valence-corrected chi connectivity index (χ2v) is 6.16. The number of rotatable bonds is 8. The Hall–Kier alpha value is 1.24. The van der Waals surface area contributed by atoms with Gasteiger partial charge in [-0.2, -0.15) is 0 Å². The molecule has 0 fully saturated rings. The van der Waals surface area contributed by atoms with E-state index < -0.39 is 0 Å². The van der Waals surface area contributed by atoms with E-state index >= 15 is 0 Å². The molecule has 0 spiro atoms. The van der Waals surface area contributed by atoms with Crippen LogP contribution in [0.15, 0.2) is 0 Å². The quantitative estimate of drug-likeness (QED) is 0.488. The molecule has 4 atom stereocenters. The summed E-state index contributed by atoms with van der Waals surface area (Å²) in [5, 5.41) is 13.7. The summed E-state index contributed by atoms with van der Waals surface area (Å²) in [5.74, 6) is 0. The van der Waals surface area contributed by atoms with E-state index in [0.29, 0.717) is 12.2 Å². The first-order valence-corrected chi connectivity index (χ1v) is 9.23. The Morgan fingerprint density at radius 1 is 0.682 bits per heavy atom. The monoisotopic (exact) mass is 368 g/mol. The Morgan fingerprint density at radius 3 is 1.05 bits per heavy atom. The predicted molar refractivity (Wildman–Crippen MR) is 94.2 cm³/mol. The first-order chi connectivity index (χ1) is 9.74. The SMILES string of the molecule is CCC(C)[OH2+].CCC(C)[OH2+].CCC(C)[O][Al-][O]C(C)CC.[Sc]. The van der Waals surface area contributed by atoms with Crippen LogP contribution < -0.4 is 0 Å². The smallest absolute Gasteiger partial charge is 0.150 e. The third-order valence-electron chi connectivity index (χ3n) is 2.95. The van der Waals surface area contributed by atoms with Crippen molar-refractivity contribution in [2.45, 2.75) is 105 Å². The maximum absolute atomic E-state index is 6.83. The third kappa shape index (κ3) is 37.5. The Morgan fingerprint density at radius 2 is 0.909 bits per heavy atom. The van der Waals surface area contributed by atoms with Gasteiger partial charge in [0.05, 0.1) is 0 Å². The fourth-order valence-corrected chi connectivity index (χ4v) is 1.24. The van der Waals surface area contributed by atoms with Crippen LogP contribution in [0.2, 0.25) is 0 Å². The molecule has 4 unspecified atom stereocenters. The molecule has 0 saturated heterocycles. The molecule has 0 aromatic carbocycles. The molecule has 0 rings (SSSR count). The van der Waals surface area contributed by atoms with Crippen molar-refractivity contribution in [3.63, 3.8) is 0 Å². The van der Waals surface area contributed by atoms with Crippen LogP contribution in [0.25, 0.3) is 0 Å². The average molecular weight is 368 g/mol. The van der Waals surface area contributed by atoms with Crippen LogP contribution in [-0.2, 0) is 33.4 Å². The molecule has 0 bridgehead atoms. The zero-order valence-electron chi connectivity index (χ0n) is 16.1. The van der Waals surface area contributed by atoms with Crippen molar-refractivity contribution in [1.29, 1.82) is 0 Å². The molecule has 6 heteroatoms. The first kappa shape index (κ1) is 31.1. The van der Waals surface area contributed by atoms with Gasteiger partial charge in [0.1, 0.15) is 15.9 Å². The summed E-state index contributed by atoms with van der Waals surface area (Å²) in [6, 6.07) is 0. The normalized spacial score (nSPS) is 15.0. The molecule has 0 aromatic rings. The summed E-state index contributed by atoms with van der Waals surface area (Å²) < 4.78 is 10.8. The van der Waals surface area contributed by atoms with Crippen molar-refractivity contribution in [3.8, 4) is 0 Å². The molecule has 133 valence electrons. The van der Waals surface area contributed by atoms with Crippen LogP contribution >= 0.6 is 0 Å².